The predicted molar refractivity (Wildman–Crippen MR) is 97.2 cm³/mol. The number of ether oxygens (including phenoxy) is 2. The van der Waals surface area contributed by atoms with Crippen molar-refractivity contribution in [3.63, 3.8) is 0 Å². The summed E-state index contributed by atoms with van der Waals surface area (Å²) in [5.41, 5.74) is 5.94. The van der Waals surface area contributed by atoms with Crippen LogP contribution in [0.1, 0.15) is 32.3 Å². The molecule has 0 aliphatic carbocycles. The third-order valence-corrected chi connectivity index (χ3v) is 3.58. The Kier molecular flexibility index (Phi) is 8.74. The molecule has 0 saturated carbocycles. The van der Waals surface area contributed by atoms with Crippen LogP contribution < -0.4 is 20.5 Å². The molecule has 0 aliphatic heterocycles. The van der Waals surface area contributed by atoms with Crippen LogP contribution in [0.5, 0.6) is 11.5 Å². The zero-order chi connectivity index (χ0) is 22.1. The van der Waals surface area contributed by atoms with Gasteiger partial charge in [-0.25, -0.2) is 4.79 Å². The van der Waals surface area contributed by atoms with Crippen molar-refractivity contribution >= 4 is 29.8 Å². The summed E-state index contributed by atoms with van der Waals surface area (Å²) >= 11 is 0. The maximum absolute atomic E-state index is 12.0. The topological polar surface area (TPSA) is 182 Å². The third kappa shape index (κ3) is 8.39. The lowest BCUT2D eigenvalue weighted by Crippen LogP contribution is -2.49. The van der Waals surface area contributed by atoms with Gasteiger partial charge in [0.2, 0.25) is 5.91 Å². The van der Waals surface area contributed by atoms with Crippen molar-refractivity contribution in [2.75, 3.05) is 0 Å². The average molecular weight is 410 g/mol. The van der Waals surface area contributed by atoms with Crippen molar-refractivity contribution in [3.8, 4) is 11.5 Å². The molecule has 0 saturated heterocycles. The number of amides is 1. The molecular weight excluding hydrogens is 388 g/mol. The number of carboxylic acids is 2. The van der Waals surface area contributed by atoms with Crippen molar-refractivity contribution < 1.29 is 43.7 Å². The van der Waals surface area contributed by atoms with Gasteiger partial charge in [-0.3, -0.25) is 19.2 Å². The Hall–Kier alpha value is -3.47. The van der Waals surface area contributed by atoms with Crippen LogP contribution in [0.25, 0.3) is 0 Å². The molecule has 0 radical (unpaired) electrons. The predicted octanol–water partition coefficient (Wildman–Crippen LogP) is -0.159. The van der Waals surface area contributed by atoms with Crippen molar-refractivity contribution in [1.29, 1.82) is 0 Å². The summed E-state index contributed by atoms with van der Waals surface area (Å²) in [6.07, 6.45) is -0.682. The molecule has 1 aromatic carbocycles. The maximum Gasteiger partial charge on any atom is 0.326 e. The molecule has 0 bridgehead atoms. The second kappa shape index (κ2) is 10.8. The Morgan fingerprint density at radius 3 is 2.14 bits per heavy atom. The molecule has 1 aromatic rings. The first kappa shape index (κ1) is 23.6. The summed E-state index contributed by atoms with van der Waals surface area (Å²) in [6.45, 7) is 2.30. The molecule has 0 aliphatic rings. The highest BCUT2D eigenvalue weighted by molar-refractivity contribution is 5.87. The smallest absolute Gasteiger partial charge is 0.326 e. The summed E-state index contributed by atoms with van der Waals surface area (Å²) in [4.78, 5) is 56.5. The lowest BCUT2D eigenvalue weighted by molar-refractivity contribution is -0.142. The zero-order valence-electron chi connectivity index (χ0n) is 15.8. The van der Waals surface area contributed by atoms with Crippen molar-refractivity contribution in [2.24, 2.45) is 5.73 Å². The minimum atomic E-state index is -1.37. The third-order valence-electron chi connectivity index (χ3n) is 3.58. The van der Waals surface area contributed by atoms with E-state index in [2.05, 4.69) is 5.32 Å². The first-order valence-electron chi connectivity index (χ1n) is 8.50. The van der Waals surface area contributed by atoms with E-state index in [1.54, 1.807) is 0 Å². The molecule has 1 amide bonds. The van der Waals surface area contributed by atoms with Gasteiger partial charge in [0.05, 0.1) is 6.04 Å². The lowest BCUT2D eigenvalue weighted by Gasteiger charge is -2.18. The van der Waals surface area contributed by atoms with Gasteiger partial charge in [-0.05, 0) is 24.1 Å². The van der Waals surface area contributed by atoms with E-state index in [4.69, 9.17) is 20.3 Å². The summed E-state index contributed by atoms with van der Waals surface area (Å²) in [5, 5.41) is 20.2. The van der Waals surface area contributed by atoms with Crippen LogP contribution >= 0.6 is 0 Å². The molecule has 1 rings (SSSR count). The highest BCUT2D eigenvalue weighted by atomic mass is 16.6. The van der Waals surface area contributed by atoms with E-state index in [1.165, 1.54) is 18.2 Å². The van der Waals surface area contributed by atoms with Crippen LogP contribution in [0.15, 0.2) is 18.2 Å². The Morgan fingerprint density at radius 1 is 1.03 bits per heavy atom. The Labute approximate surface area is 165 Å². The van der Waals surface area contributed by atoms with Gasteiger partial charge >= 0.3 is 23.9 Å². The molecule has 0 fully saturated rings. The van der Waals surface area contributed by atoms with Crippen LogP contribution in [-0.4, -0.2) is 52.1 Å². The molecule has 0 aromatic heterocycles. The minimum absolute atomic E-state index is 0.0250. The summed E-state index contributed by atoms with van der Waals surface area (Å²) < 4.78 is 9.91. The second-order valence-electron chi connectivity index (χ2n) is 6.11. The fourth-order valence-corrected chi connectivity index (χ4v) is 2.28. The molecule has 2 atom stereocenters. The van der Waals surface area contributed by atoms with E-state index >= 15 is 0 Å². The molecule has 158 valence electrons. The minimum Gasteiger partial charge on any atom is -0.481 e. The zero-order valence-corrected chi connectivity index (χ0v) is 15.8. The first-order chi connectivity index (χ1) is 13.5. The van der Waals surface area contributed by atoms with Gasteiger partial charge < -0.3 is 30.7 Å². The fourth-order valence-electron chi connectivity index (χ4n) is 2.28. The monoisotopic (exact) mass is 410 g/mol. The summed E-state index contributed by atoms with van der Waals surface area (Å²) in [5.74, 6) is -4.71. The van der Waals surface area contributed by atoms with Gasteiger partial charge in [-0.15, -0.1) is 0 Å². The SMILES string of the molecule is CC(=O)Oc1ccc(C[C@H](NC(=O)[C@@H](N)CCC(=O)O)C(=O)O)cc1OC(C)=O. The molecule has 11 heteroatoms. The quantitative estimate of drug-likeness (QED) is 0.299. The van der Waals surface area contributed by atoms with Gasteiger partial charge in [0.15, 0.2) is 11.5 Å². The number of rotatable bonds is 10. The Balaban J connectivity index is 2.96. The maximum atomic E-state index is 12.0. The average Bonchev–Trinajstić information content (AvgIpc) is 2.60. The van der Waals surface area contributed by atoms with Crippen molar-refractivity contribution in [3.05, 3.63) is 23.8 Å². The van der Waals surface area contributed by atoms with Gasteiger partial charge in [0.25, 0.3) is 0 Å². The summed E-state index contributed by atoms with van der Waals surface area (Å²) in [7, 11) is 0. The summed E-state index contributed by atoms with van der Waals surface area (Å²) in [6, 6.07) is 1.53. The normalized spacial score (nSPS) is 12.4. The molecular formula is C18H22N2O9. The van der Waals surface area contributed by atoms with Gasteiger partial charge in [0, 0.05) is 26.7 Å². The largest absolute Gasteiger partial charge is 0.481 e. The number of hydrogen-bond acceptors (Lipinski definition) is 8. The van der Waals surface area contributed by atoms with E-state index in [0.717, 1.165) is 13.8 Å². The van der Waals surface area contributed by atoms with Gasteiger partial charge in [-0.1, -0.05) is 6.07 Å². The number of carbonyl (C=O) groups is 5. The van der Waals surface area contributed by atoms with Crippen LogP contribution in [0.4, 0.5) is 0 Å². The molecule has 0 spiro atoms. The molecule has 5 N–H and O–H groups in total. The molecule has 0 heterocycles. The van der Waals surface area contributed by atoms with E-state index in [-0.39, 0.29) is 30.8 Å². The number of nitrogens with two attached hydrogens (primary N) is 1. The molecule has 29 heavy (non-hydrogen) atoms. The van der Waals surface area contributed by atoms with Gasteiger partial charge in [0.1, 0.15) is 6.04 Å². The van der Waals surface area contributed by atoms with Crippen LogP contribution in [0.2, 0.25) is 0 Å². The van der Waals surface area contributed by atoms with Crippen LogP contribution in [0.3, 0.4) is 0 Å². The number of nitrogens with one attached hydrogen (secondary N) is 1. The number of carboxylic acid groups (broad SMARTS) is 2. The highest BCUT2D eigenvalue weighted by Gasteiger charge is 2.24. The highest BCUT2D eigenvalue weighted by Crippen LogP contribution is 2.29. The van der Waals surface area contributed by atoms with Crippen molar-refractivity contribution in [2.45, 2.75) is 45.2 Å². The van der Waals surface area contributed by atoms with Gasteiger partial charge in [-0.2, -0.15) is 0 Å². The molecule has 11 nitrogen and oxygen atoms in total. The van der Waals surface area contributed by atoms with E-state index in [9.17, 15) is 29.1 Å². The van der Waals surface area contributed by atoms with Crippen molar-refractivity contribution in [1.82, 2.24) is 5.32 Å². The fraction of sp³-hybridized carbons (Fsp3) is 0.389. The number of benzene rings is 1. The second-order valence-corrected chi connectivity index (χ2v) is 6.11. The Bertz CT molecular complexity index is 807. The van der Waals surface area contributed by atoms with E-state index < -0.39 is 41.9 Å². The van der Waals surface area contributed by atoms with Crippen LogP contribution in [-0.2, 0) is 30.4 Å². The molecule has 0 unspecified atom stereocenters. The number of esters is 2. The number of aliphatic carboxylic acids is 2. The standard InChI is InChI=1S/C18H22N2O9/c1-9(21)28-14-5-3-11(8-15(14)29-10(2)22)7-13(18(26)27)20-17(25)12(19)4-6-16(23)24/h3,5,8,12-13H,4,6-7,19H2,1-2H3,(H,20,25)(H,23,24)(H,26,27)/t12-,13-/m0/s1. The first-order valence-corrected chi connectivity index (χ1v) is 8.50. The lowest BCUT2D eigenvalue weighted by atomic mass is 10.0. The van der Waals surface area contributed by atoms with E-state index in [1.807, 2.05) is 0 Å². The Morgan fingerprint density at radius 2 is 1.62 bits per heavy atom. The number of carbonyl (C=O) groups excluding carboxylic acids is 3. The van der Waals surface area contributed by atoms with Crippen LogP contribution in [0, 0.1) is 0 Å². The number of hydrogen-bond donors (Lipinski definition) is 4. The van der Waals surface area contributed by atoms with E-state index in [0.29, 0.717) is 5.56 Å².